The Balaban J connectivity index is 2.70. The maximum absolute atomic E-state index is 13.0. The topological polar surface area (TPSA) is 54.5 Å². The van der Waals surface area contributed by atoms with Crippen LogP contribution in [0.25, 0.3) is 6.08 Å². The Morgan fingerprint density at radius 2 is 2.10 bits per heavy atom. The van der Waals surface area contributed by atoms with Crippen molar-refractivity contribution in [3.05, 3.63) is 41.7 Å². The Labute approximate surface area is 125 Å². The number of sulfone groups is 1. The molecule has 0 spiro atoms. The van der Waals surface area contributed by atoms with Gasteiger partial charge in [-0.05, 0) is 30.7 Å². The quantitative estimate of drug-likeness (QED) is 0.756. The van der Waals surface area contributed by atoms with Crippen LogP contribution in [-0.4, -0.2) is 43.8 Å². The number of likely N-dealkylation sites (N-methyl/N-ethyl adjacent to an activating group) is 1. The molecule has 0 bridgehead atoms. The summed E-state index contributed by atoms with van der Waals surface area (Å²) < 4.78 is 36.1. The van der Waals surface area contributed by atoms with E-state index < -0.39 is 15.9 Å². The van der Waals surface area contributed by atoms with Crippen molar-refractivity contribution in [1.29, 1.82) is 0 Å². The van der Waals surface area contributed by atoms with Crippen LogP contribution in [0, 0.1) is 5.82 Å². The van der Waals surface area contributed by atoms with Crippen molar-refractivity contribution in [2.24, 2.45) is 0 Å². The Hall–Kier alpha value is -1.69. The summed E-state index contributed by atoms with van der Waals surface area (Å²) in [6.45, 7) is 3.26. The van der Waals surface area contributed by atoms with Crippen LogP contribution in [0.1, 0.15) is 19.4 Å². The summed E-state index contributed by atoms with van der Waals surface area (Å²) in [5.74, 6) is -0.712. The molecule has 1 amide bonds. The van der Waals surface area contributed by atoms with Crippen molar-refractivity contribution in [2.75, 3.05) is 18.6 Å². The maximum Gasteiger partial charge on any atom is 0.246 e. The molecule has 1 rings (SSSR count). The number of rotatable bonds is 6. The van der Waals surface area contributed by atoms with E-state index in [4.69, 9.17) is 0 Å². The molecule has 0 saturated heterocycles. The molecule has 0 aromatic heterocycles. The summed E-state index contributed by atoms with van der Waals surface area (Å²) in [4.78, 5) is 13.3. The number of carbonyl (C=O) groups excluding carboxylic acids is 1. The van der Waals surface area contributed by atoms with Crippen LogP contribution in [0.2, 0.25) is 0 Å². The molecule has 1 aromatic rings. The van der Waals surface area contributed by atoms with E-state index in [1.807, 2.05) is 0 Å². The van der Waals surface area contributed by atoms with Crippen molar-refractivity contribution in [3.63, 3.8) is 0 Å². The number of hydrogen-bond donors (Lipinski definition) is 0. The van der Waals surface area contributed by atoms with Gasteiger partial charge in [0.05, 0.1) is 5.75 Å². The van der Waals surface area contributed by atoms with Gasteiger partial charge in [0.1, 0.15) is 5.82 Å². The molecule has 0 radical (unpaired) electrons. The van der Waals surface area contributed by atoms with Crippen LogP contribution in [0.3, 0.4) is 0 Å². The fourth-order valence-corrected chi connectivity index (χ4v) is 2.90. The van der Waals surface area contributed by atoms with Crippen LogP contribution >= 0.6 is 0 Å². The third kappa shape index (κ3) is 5.67. The molecule has 0 fully saturated rings. The van der Waals surface area contributed by atoms with Gasteiger partial charge >= 0.3 is 0 Å². The highest BCUT2D eigenvalue weighted by molar-refractivity contribution is 7.91. The first-order valence-corrected chi connectivity index (χ1v) is 8.48. The van der Waals surface area contributed by atoms with E-state index in [1.165, 1.54) is 29.2 Å². The van der Waals surface area contributed by atoms with Crippen molar-refractivity contribution in [2.45, 2.75) is 19.9 Å². The Morgan fingerprint density at radius 1 is 1.43 bits per heavy atom. The number of amides is 1. The molecule has 6 heteroatoms. The Morgan fingerprint density at radius 3 is 2.67 bits per heavy atom. The molecule has 0 aliphatic rings. The van der Waals surface area contributed by atoms with Gasteiger partial charge in [0.25, 0.3) is 0 Å². The average molecular weight is 313 g/mol. The minimum atomic E-state index is -3.14. The second-order valence-electron chi connectivity index (χ2n) is 4.89. The normalized spacial score (nSPS) is 13.3. The van der Waals surface area contributed by atoms with Crippen LogP contribution in [0.15, 0.2) is 30.3 Å². The van der Waals surface area contributed by atoms with Gasteiger partial charge in [-0.3, -0.25) is 4.79 Å². The monoisotopic (exact) mass is 313 g/mol. The molecule has 0 unspecified atom stereocenters. The third-order valence-electron chi connectivity index (χ3n) is 3.21. The molecular formula is C15H20FNO3S. The largest absolute Gasteiger partial charge is 0.338 e. The Kier molecular flexibility index (Phi) is 6.08. The Bertz CT molecular complexity index is 626. The van der Waals surface area contributed by atoms with Gasteiger partial charge in [-0.25, -0.2) is 12.8 Å². The first-order valence-electron chi connectivity index (χ1n) is 6.66. The zero-order valence-corrected chi connectivity index (χ0v) is 13.2. The highest BCUT2D eigenvalue weighted by atomic mass is 32.2. The summed E-state index contributed by atoms with van der Waals surface area (Å²) in [6.07, 6.45) is 2.81. The maximum atomic E-state index is 13.0. The van der Waals surface area contributed by atoms with Crippen LogP contribution in [0.4, 0.5) is 4.39 Å². The van der Waals surface area contributed by atoms with E-state index in [0.717, 1.165) is 0 Å². The predicted molar refractivity (Wildman–Crippen MR) is 82.0 cm³/mol. The number of halogens is 1. The minimum absolute atomic E-state index is 0.0541. The fourth-order valence-electron chi connectivity index (χ4n) is 1.71. The number of benzene rings is 1. The van der Waals surface area contributed by atoms with Gasteiger partial charge in [0.2, 0.25) is 5.91 Å². The molecule has 0 saturated carbocycles. The molecule has 21 heavy (non-hydrogen) atoms. The molecule has 1 aromatic carbocycles. The average Bonchev–Trinajstić information content (AvgIpc) is 2.43. The second kappa shape index (κ2) is 7.36. The van der Waals surface area contributed by atoms with Gasteiger partial charge in [-0.1, -0.05) is 19.1 Å². The van der Waals surface area contributed by atoms with E-state index >= 15 is 0 Å². The number of hydrogen-bond acceptors (Lipinski definition) is 3. The number of nitrogens with zero attached hydrogens (tertiary/aromatic N) is 1. The second-order valence-corrected chi connectivity index (χ2v) is 7.28. The molecule has 0 aliphatic carbocycles. The molecule has 0 heterocycles. The highest BCUT2D eigenvalue weighted by Crippen LogP contribution is 2.07. The lowest BCUT2D eigenvalue weighted by Gasteiger charge is -2.23. The smallest absolute Gasteiger partial charge is 0.246 e. The molecule has 1 atom stereocenters. The van der Waals surface area contributed by atoms with Crippen molar-refractivity contribution in [1.82, 2.24) is 4.90 Å². The summed E-state index contributed by atoms with van der Waals surface area (Å²) in [7, 11) is -1.59. The summed E-state index contributed by atoms with van der Waals surface area (Å²) >= 11 is 0. The van der Waals surface area contributed by atoms with Gasteiger partial charge in [0.15, 0.2) is 9.84 Å². The van der Waals surface area contributed by atoms with E-state index in [-0.39, 0.29) is 23.2 Å². The highest BCUT2D eigenvalue weighted by Gasteiger charge is 2.19. The van der Waals surface area contributed by atoms with Crippen LogP contribution in [-0.2, 0) is 14.6 Å². The standard InChI is InChI=1S/C15H20FNO3S/c1-4-21(19,20)11-12(2)17(3)15(18)9-8-13-6-5-7-14(16)10-13/h5-10,12H,4,11H2,1-3H3/b9-8-/t12-/m0/s1. The first kappa shape index (κ1) is 17.4. The lowest BCUT2D eigenvalue weighted by Crippen LogP contribution is -2.38. The van der Waals surface area contributed by atoms with E-state index in [9.17, 15) is 17.6 Å². The lowest BCUT2D eigenvalue weighted by atomic mass is 10.2. The SMILES string of the molecule is CCS(=O)(=O)C[C@H](C)N(C)C(=O)/C=C\c1cccc(F)c1. The summed E-state index contributed by atoms with van der Waals surface area (Å²) in [6, 6.07) is 5.45. The molecule has 116 valence electrons. The van der Waals surface area contributed by atoms with Gasteiger partial charge < -0.3 is 4.90 Å². The zero-order valence-electron chi connectivity index (χ0n) is 12.4. The van der Waals surface area contributed by atoms with Crippen molar-refractivity contribution in [3.8, 4) is 0 Å². The van der Waals surface area contributed by atoms with Crippen molar-refractivity contribution >= 4 is 21.8 Å². The van der Waals surface area contributed by atoms with Crippen molar-refractivity contribution < 1.29 is 17.6 Å². The minimum Gasteiger partial charge on any atom is -0.338 e. The zero-order chi connectivity index (χ0) is 16.0. The molecular weight excluding hydrogens is 293 g/mol. The molecule has 0 aliphatic heterocycles. The van der Waals surface area contributed by atoms with Gasteiger partial charge in [0, 0.05) is 24.9 Å². The molecule has 0 N–H and O–H groups in total. The van der Waals surface area contributed by atoms with Gasteiger partial charge in [-0.2, -0.15) is 0 Å². The van der Waals surface area contributed by atoms with E-state index in [1.54, 1.807) is 33.0 Å². The fraction of sp³-hybridized carbons (Fsp3) is 0.400. The third-order valence-corrected chi connectivity index (χ3v) is 5.08. The van der Waals surface area contributed by atoms with E-state index in [2.05, 4.69) is 0 Å². The predicted octanol–water partition coefficient (Wildman–Crippen LogP) is 2.12. The summed E-state index contributed by atoms with van der Waals surface area (Å²) in [5, 5.41) is 0. The van der Waals surface area contributed by atoms with Crippen LogP contribution < -0.4 is 0 Å². The number of carbonyl (C=O) groups is 1. The van der Waals surface area contributed by atoms with Gasteiger partial charge in [-0.15, -0.1) is 0 Å². The first-order chi connectivity index (χ1) is 9.75. The summed E-state index contributed by atoms with van der Waals surface area (Å²) in [5.41, 5.74) is 0.575. The van der Waals surface area contributed by atoms with Crippen LogP contribution in [0.5, 0.6) is 0 Å². The lowest BCUT2D eigenvalue weighted by molar-refractivity contribution is -0.126. The van der Waals surface area contributed by atoms with E-state index in [0.29, 0.717) is 5.56 Å². The molecule has 4 nitrogen and oxygen atoms in total.